The number of aryl methyl sites for hydroxylation is 1. The largest absolute Gasteiger partial charge is 0.355 e. The van der Waals surface area contributed by atoms with E-state index in [0.717, 1.165) is 24.3 Å². The minimum atomic E-state index is -0.168. The molecule has 0 aliphatic carbocycles. The molecule has 2 amide bonds. The van der Waals surface area contributed by atoms with Gasteiger partial charge in [0, 0.05) is 36.8 Å². The third kappa shape index (κ3) is 5.64. The molecule has 8 heteroatoms. The number of nitrogens with zero attached hydrogens (tertiary/aromatic N) is 3. The minimum Gasteiger partial charge on any atom is -0.355 e. The van der Waals surface area contributed by atoms with Crippen molar-refractivity contribution in [3.8, 4) is 0 Å². The van der Waals surface area contributed by atoms with Crippen molar-refractivity contribution >= 4 is 46.5 Å². The highest BCUT2D eigenvalue weighted by molar-refractivity contribution is 6.36. The van der Waals surface area contributed by atoms with Crippen LogP contribution in [0.4, 0.5) is 11.5 Å². The molecule has 2 aromatic carbocycles. The summed E-state index contributed by atoms with van der Waals surface area (Å²) in [4.78, 5) is 33.9. The molecule has 1 N–H and O–H groups in total. The fraction of sp³-hybridized carbons (Fsp3) is 0.240. The highest BCUT2D eigenvalue weighted by atomic mass is 35.5. The number of carbonyl (C=O) groups excluding carboxylic acids is 2. The van der Waals surface area contributed by atoms with E-state index in [9.17, 15) is 9.59 Å². The second-order valence-corrected chi connectivity index (χ2v) is 8.83. The van der Waals surface area contributed by atoms with Gasteiger partial charge >= 0.3 is 0 Å². The van der Waals surface area contributed by atoms with E-state index in [1.165, 1.54) is 0 Å². The predicted octanol–water partition coefficient (Wildman–Crippen LogP) is 5.30. The SMILES string of the molecule is Cc1cccc(C(=O)Nc2ccc(N3CCCN(C(=O)c4ccc(Cl)cc4Cl)CC3)nc2)c1. The molecule has 1 aromatic heterocycles. The smallest absolute Gasteiger partial charge is 0.255 e. The van der Waals surface area contributed by atoms with Gasteiger partial charge < -0.3 is 15.1 Å². The molecule has 4 rings (SSSR count). The van der Waals surface area contributed by atoms with Crippen LogP contribution in [0.25, 0.3) is 0 Å². The van der Waals surface area contributed by atoms with E-state index in [0.29, 0.717) is 46.5 Å². The van der Waals surface area contributed by atoms with E-state index in [1.54, 1.807) is 30.5 Å². The van der Waals surface area contributed by atoms with Crippen LogP contribution in [0, 0.1) is 6.92 Å². The van der Waals surface area contributed by atoms with Crippen LogP contribution < -0.4 is 10.2 Å². The van der Waals surface area contributed by atoms with Crippen LogP contribution >= 0.6 is 23.2 Å². The van der Waals surface area contributed by atoms with Crippen LogP contribution in [0.1, 0.15) is 32.7 Å². The second kappa shape index (κ2) is 10.2. The second-order valence-electron chi connectivity index (χ2n) is 7.99. The van der Waals surface area contributed by atoms with Crippen LogP contribution in [-0.4, -0.2) is 47.9 Å². The number of pyridine rings is 1. The zero-order chi connectivity index (χ0) is 23.4. The lowest BCUT2D eigenvalue weighted by molar-refractivity contribution is 0.0767. The Balaban J connectivity index is 1.38. The molecule has 1 aliphatic rings. The fourth-order valence-electron chi connectivity index (χ4n) is 3.82. The number of anilines is 2. The summed E-state index contributed by atoms with van der Waals surface area (Å²) in [6.07, 6.45) is 2.47. The molecule has 170 valence electrons. The van der Waals surface area contributed by atoms with Crippen molar-refractivity contribution in [1.82, 2.24) is 9.88 Å². The summed E-state index contributed by atoms with van der Waals surface area (Å²) in [6, 6.07) is 16.1. The van der Waals surface area contributed by atoms with Gasteiger partial charge in [0.15, 0.2) is 0 Å². The molecule has 33 heavy (non-hydrogen) atoms. The molecule has 1 fully saturated rings. The van der Waals surface area contributed by atoms with Gasteiger partial charge in [-0.2, -0.15) is 0 Å². The van der Waals surface area contributed by atoms with Crippen molar-refractivity contribution in [2.45, 2.75) is 13.3 Å². The van der Waals surface area contributed by atoms with Crippen LogP contribution in [0.15, 0.2) is 60.8 Å². The molecular weight excluding hydrogens is 459 g/mol. The Morgan fingerprint density at radius 1 is 0.970 bits per heavy atom. The maximum Gasteiger partial charge on any atom is 0.255 e. The highest BCUT2D eigenvalue weighted by Gasteiger charge is 2.22. The Kier molecular flexibility index (Phi) is 7.16. The maximum absolute atomic E-state index is 12.9. The Morgan fingerprint density at radius 2 is 1.82 bits per heavy atom. The van der Waals surface area contributed by atoms with E-state index < -0.39 is 0 Å². The third-order valence-electron chi connectivity index (χ3n) is 5.55. The van der Waals surface area contributed by atoms with Gasteiger partial charge in [-0.1, -0.05) is 40.9 Å². The van der Waals surface area contributed by atoms with Crippen LogP contribution in [0.5, 0.6) is 0 Å². The van der Waals surface area contributed by atoms with Gasteiger partial charge in [0.05, 0.1) is 22.5 Å². The summed E-state index contributed by atoms with van der Waals surface area (Å²) in [5.74, 6) is 0.543. The number of hydrogen-bond acceptors (Lipinski definition) is 4. The summed E-state index contributed by atoms with van der Waals surface area (Å²) in [5.41, 5.74) is 2.73. The van der Waals surface area contributed by atoms with Gasteiger partial charge in [0.2, 0.25) is 0 Å². The lowest BCUT2D eigenvalue weighted by Crippen LogP contribution is -2.35. The van der Waals surface area contributed by atoms with Crippen molar-refractivity contribution in [3.05, 3.63) is 87.5 Å². The van der Waals surface area contributed by atoms with Crippen molar-refractivity contribution in [1.29, 1.82) is 0 Å². The Bertz CT molecular complexity index is 1170. The number of hydrogen-bond donors (Lipinski definition) is 1. The Morgan fingerprint density at radius 3 is 2.55 bits per heavy atom. The maximum atomic E-state index is 12.9. The molecule has 0 radical (unpaired) electrons. The summed E-state index contributed by atoms with van der Waals surface area (Å²) >= 11 is 12.2. The number of nitrogens with one attached hydrogen (secondary N) is 1. The summed E-state index contributed by atoms with van der Waals surface area (Å²) in [7, 11) is 0. The fourth-order valence-corrected chi connectivity index (χ4v) is 4.31. The zero-order valence-corrected chi connectivity index (χ0v) is 19.7. The topological polar surface area (TPSA) is 65.5 Å². The first kappa shape index (κ1) is 23.1. The van der Waals surface area contributed by atoms with Crippen LogP contribution in [0.3, 0.4) is 0 Å². The van der Waals surface area contributed by atoms with Crippen LogP contribution in [0.2, 0.25) is 10.0 Å². The molecule has 1 saturated heterocycles. The molecule has 0 unspecified atom stereocenters. The van der Waals surface area contributed by atoms with Gasteiger partial charge in [-0.05, 0) is 55.8 Å². The van der Waals surface area contributed by atoms with E-state index in [4.69, 9.17) is 23.2 Å². The lowest BCUT2D eigenvalue weighted by Gasteiger charge is -2.23. The monoisotopic (exact) mass is 482 g/mol. The zero-order valence-electron chi connectivity index (χ0n) is 18.2. The number of carbonyl (C=O) groups is 2. The molecule has 0 atom stereocenters. The minimum absolute atomic E-state index is 0.0966. The first-order chi connectivity index (χ1) is 15.9. The summed E-state index contributed by atoms with van der Waals surface area (Å²) in [5, 5.41) is 3.75. The molecular formula is C25H24Cl2N4O2. The van der Waals surface area contributed by atoms with Gasteiger partial charge in [-0.25, -0.2) is 4.98 Å². The van der Waals surface area contributed by atoms with Crippen LogP contribution in [-0.2, 0) is 0 Å². The van der Waals surface area contributed by atoms with Crippen molar-refractivity contribution < 1.29 is 9.59 Å². The number of amides is 2. The molecule has 0 saturated carbocycles. The van der Waals surface area contributed by atoms with E-state index >= 15 is 0 Å². The van der Waals surface area contributed by atoms with Crippen molar-refractivity contribution in [2.75, 3.05) is 36.4 Å². The standard InChI is InChI=1S/C25H24Cl2N4O2/c1-17-4-2-5-18(14-17)24(32)29-20-7-9-23(28-16-20)30-10-3-11-31(13-12-30)25(33)21-8-6-19(26)15-22(21)27/h2,4-9,14-16H,3,10-13H2,1H3,(H,29,32). The predicted molar refractivity (Wildman–Crippen MR) is 133 cm³/mol. The van der Waals surface area contributed by atoms with Gasteiger partial charge in [-0.15, -0.1) is 0 Å². The molecule has 0 spiro atoms. The van der Waals surface area contributed by atoms with E-state index in [-0.39, 0.29) is 11.8 Å². The molecule has 2 heterocycles. The van der Waals surface area contributed by atoms with Gasteiger partial charge in [0.1, 0.15) is 5.82 Å². The van der Waals surface area contributed by atoms with Crippen molar-refractivity contribution in [3.63, 3.8) is 0 Å². The quantitative estimate of drug-likeness (QED) is 0.547. The normalized spacial score (nSPS) is 14.0. The summed E-state index contributed by atoms with van der Waals surface area (Å²) < 4.78 is 0. The average molecular weight is 483 g/mol. The number of benzene rings is 2. The summed E-state index contributed by atoms with van der Waals surface area (Å²) in [6.45, 7) is 4.58. The van der Waals surface area contributed by atoms with Crippen molar-refractivity contribution in [2.24, 2.45) is 0 Å². The molecule has 6 nitrogen and oxygen atoms in total. The highest BCUT2D eigenvalue weighted by Crippen LogP contribution is 2.23. The Labute approximate surface area is 203 Å². The van der Waals surface area contributed by atoms with E-state index in [1.807, 2.05) is 42.2 Å². The van der Waals surface area contributed by atoms with Gasteiger partial charge in [-0.3, -0.25) is 9.59 Å². The number of rotatable bonds is 4. The van der Waals surface area contributed by atoms with Gasteiger partial charge in [0.25, 0.3) is 11.8 Å². The lowest BCUT2D eigenvalue weighted by atomic mass is 10.1. The number of aromatic nitrogens is 1. The number of halogens is 2. The Hall–Kier alpha value is -3.09. The third-order valence-corrected chi connectivity index (χ3v) is 6.10. The first-order valence-electron chi connectivity index (χ1n) is 10.7. The van der Waals surface area contributed by atoms with E-state index in [2.05, 4.69) is 15.2 Å². The average Bonchev–Trinajstić information content (AvgIpc) is 3.06. The molecule has 0 bridgehead atoms. The molecule has 3 aromatic rings. The molecule has 1 aliphatic heterocycles. The first-order valence-corrected chi connectivity index (χ1v) is 11.5.